The van der Waals surface area contributed by atoms with E-state index in [2.05, 4.69) is 133 Å². The van der Waals surface area contributed by atoms with E-state index in [9.17, 15) is 5.26 Å². The summed E-state index contributed by atoms with van der Waals surface area (Å²) in [5, 5.41) is 15.0. The lowest BCUT2D eigenvalue weighted by Crippen LogP contribution is -1.88. The van der Waals surface area contributed by atoms with Gasteiger partial charge in [0, 0.05) is 40.3 Å². The zero-order valence-corrected chi connectivity index (χ0v) is 26.3. The van der Waals surface area contributed by atoms with E-state index < -0.39 is 0 Å². The topological polar surface area (TPSA) is 23.8 Å². The lowest BCUT2D eigenvalue weighted by atomic mass is 9.91. The van der Waals surface area contributed by atoms with Crippen molar-refractivity contribution < 1.29 is 0 Å². The molecule has 9 rings (SSSR count). The first kappa shape index (κ1) is 26.8. The number of hydrogen-bond donors (Lipinski definition) is 0. The standard InChI is InChI=1S/C43H25NS2/c44-26-30-9-1-2-12-34(30)29-11-7-10-27(21-29)31-22-32(28-19-20-38-36-13-3-5-17-40(36)45-42(38)25-28)24-33(23-31)35-15-8-16-39-37-14-4-6-18-41(37)46-43(35)39/h1-25H. The van der Waals surface area contributed by atoms with E-state index >= 15 is 0 Å². The highest BCUT2D eigenvalue weighted by atomic mass is 32.1. The Labute approximate surface area is 274 Å². The molecule has 0 aliphatic rings. The third-order valence-electron chi connectivity index (χ3n) is 8.91. The van der Waals surface area contributed by atoms with Crippen molar-refractivity contribution in [3.8, 4) is 50.6 Å². The van der Waals surface area contributed by atoms with Crippen molar-refractivity contribution in [1.29, 1.82) is 5.26 Å². The van der Waals surface area contributed by atoms with E-state index in [4.69, 9.17) is 0 Å². The molecule has 46 heavy (non-hydrogen) atoms. The summed E-state index contributed by atoms with van der Waals surface area (Å²) >= 11 is 3.72. The molecular weight excluding hydrogens is 595 g/mol. The van der Waals surface area contributed by atoms with E-state index in [0.717, 1.165) is 22.3 Å². The summed E-state index contributed by atoms with van der Waals surface area (Å²) in [5.74, 6) is 0. The van der Waals surface area contributed by atoms with Crippen molar-refractivity contribution in [2.45, 2.75) is 0 Å². The maximum Gasteiger partial charge on any atom is 0.0998 e. The Balaban J connectivity index is 1.27. The van der Waals surface area contributed by atoms with Crippen molar-refractivity contribution in [2.75, 3.05) is 0 Å². The maximum absolute atomic E-state index is 9.80. The van der Waals surface area contributed by atoms with Crippen LogP contribution in [0.1, 0.15) is 5.56 Å². The van der Waals surface area contributed by atoms with Gasteiger partial charge in [0.1, 0.15) is 0 Å². The fourth-order valence-corrected chi connectivity index (χ4v) is 9.08. The van der Waals surface area contributed by atoms with Crippen LogP contribution in [0.3, 0.4) is 0 Å². The molecule has 2 heterocycles. The van der Waals surface area contributed by atoms with Gasteiger partial charge in [-0.15, -0.1) is 22.7 Å². The predicted octanol–water partition coefficient (Wildman–Crippen LogP) is 13.0. The molecule has 7 aromatic carbocycles. The molecular formula is C43H25NS2. The molecule has 9 aromatic rings. The predicted molar refractivity (Wildman–Crippen MR) is 199 cm³/mol. The van der Waals surface area contributed by atoms with Gasteiger partial charge in [-0.2, -0.15) is 5.26 Å². The normalized spacial score (nSPS) is 11.5. The largest absolute Gasteiger partial charge is 0.192 e. The molecule has 0 amide bonds. The van der Waals surface area contributed by atoms with Crippen LogP contribution in [0.5, 0.6) is 0 Å². The molecule has 0 saturated heterocycles. The molecule has 0 bridgehead atoms. The fourth-order valence-electron chi connectivity index (χ4n) is 6.70. The van der Waals surface area contributed by atoms with Crippen LogP contribution >= 0.6 is 22.7 Å². The monoisotopic (exact) mass is 619 g/mol. The third-order valence-corrected chi connectivity index (χ3v) is 11.3. The van der Waals surface area contributed by atoms with E-state index in [1.54, 1.807) is 0 Å². The molecule has 0 saturated carbocycles. The Kier molecular flexibility index (Phi) is 6.31. The van der Waals surface area contributed by atoms with E-state index in [0.29, 0.717) is 5.56 Å². The molecule has 214 valence electrons. The Hall–Kier alpha value is -5.53. The first-order valence-electron chi connectivity index (χ1n) is 15.3. The molecule has 0 atom stereocenters. The lowest BCUT2D eigenvalue weighted by molar-refractivity contribution is 1.48. The zero-order chi connectivity index (χ0) is 30.6. The number of hydrogen-bond acceptors (Lipinski definition) is 3. The van der Waals surface area contributed by atoms with Gasteiger partial charge in [0.05, 0.1) is 11.6 Å². The van der Waals surface area contributed by atoms with Gasteiger partial charge in [-0.1, -0.05) is 103 Å². The van der Waals surface area contributed by atoms with Crippen LogP contribution in [-0.2, 0) is 0 Å². The van der Waals surface area contributed by atoms with Gasteiger partial charge < -0.3 is 0 Å². The Morgan fingerprint density at radius 1 is 0.370 bits per heavy atom. The second-order valence-corrected chi connectivity index (χ2v) is 13.8. The number of nitriles is 1. The quantitative estimate of drug-likeness (QED) is 0.192. The fraction of sp³-hybridized carbons (Fsp3) is 0. The lowest BCUT2D eigenvalue weighted by Gasteiger charge is -2.13. The minimum absolute atomic E-state index is 0.683. The van der Waals surface area contributed by atoms with Crippen LogP contribution in [0.15, 0.2) is 152 Å². The summed E-state index contributed by atoms with van der Waals surface area (Å²) in [6.45, 7) is 0. The minimum Gasteiger partial charge on any atom is -0.192 e. The number of nitrogens with zero attached hydrogens (tertiary/aromatic N) is 1. The van der Waals surface area contributed by atoms with Crippen LogP contribution < -0.4 is 0 Å². The number of thiophene rings is 2. The van der Waals surface area contributed by atoms with E-state index in [-0.39, 0.29) is 0 Å². The molecule has 0 fully saturated rings. The minimum atomic E-state index is 0.683. The molecule has 3 heteroatoms. The molecule has 0 unspecified atom stereocenters. The summed E-state index contributed by atoms with van der Waals surface area (Å²) in [5.41, 5.74) is 9.79. The molecule has 0 aliphatic heterocycles. The second-order valence-electron chi connectivity index (χ2n) is 11.6. The first-order chi connectivity index (χ1) is 22.7. The Morgan fingerprint density at radius 3 is 1.76 bits per heavy atom. The first-order valence-corrected chi connectivity index (χ1v) is 16.9. The summed E-state index contributed by atoms with van der Waals surface area (Å²) in [7, 11) is 0. The summed E-state index contributed by atoms with van der Waals surface area (Å²) in [4.78, 5) is 0. The average molecular weight is 620 g/mol. The highest BCUT2D eigenvalue weighted by molar-refractivity contribution is 7.26. The van der Waals surface area contributed by atoms with Crippen LogP contribution in [0.2, 0.25) is 0 Å². The molecule has 0 radical (unpaired) electrons. The van der Waals surface area contributed by atoms with Gasteiger partial charge in [-0.05, 0) is 93.0 Å². The summed E-state index contributed by atoms with van der Waals surface area (Å²) < 4.78 is 5.23. The Bertz CT molecular complexity index is 2670. The van der Waals surface area contributed by atoms with Crippen molar-refractivity contribution >= 4 is 63.0 Å². The number of rotatable bonds is 4. The van der Waals surface area contributed by atoms with Gasteiger partial charge >= 0.3 is 0 Å². The number of fused-ring (bicyclic) bond motifs is 6. The highest BCUT2D eigenvalue weighted by Gasteiger charge is 2.15. The average Bonchev–Trinajstić information content (AvgIpc) is 3.69. The van der Waals surface area contributed by atoms with Crippen LogP contribution in [0.25, 0.3) is 84.9 Å². The van der Waals surface area contributed by atoms with Crippen molar-refractivity contribution in [2.24, 2.45) is 0 Å². The van der Waals surface area contributed by atoms with Gasteiger partial charge in [0.25, 0.3) is 0 Å². The molecule has 0 spiro atoms. The molecule has 0 N–H and O–H groups in total. The van der Waals surface area contributed by atoms with Crippen molar-refractivity contribution in [3.05, 3.63) is 157 Å². The third kappa shape index (κ3) is 4.43. The van der Waals surface area contributed by atoms with Gasteiger partial charge in [-0.3, -0.25) is 0 Å². The summed E-state index contributed by atoms with van der Waals surface area (Å²) in [6.07, 6.45) is 0. The van der Waals surface area contributed by atoms with Gasteiger partial charge in [0.15, 0.2) is 0 Å². The van der Waals surface area contributed by atoms with Crippen LogP contribution in [0.4, 0.5) is 0 Å². The maximum atomic E-state index is 9.80. The molecule has 0 aliphatic carbocycles. The van der Waals surface area contributed by atoms with Crippen molar-refractivity contribution in [1.82, 2.24) is 0 Å². The molecule has 2 aromatic heterocycles. The highest BCUT2D eigenvalue weighted by Crippen LogP contribution is 2.43. The van der Waals surface area contributed by atoms with Gasteiger partial charge in [-0.25, -0.2) is 0 Å². The molecule has 1 nitrogen and oxygen atoms in total. The van der Waals surface area contributed by atoms with E-state index in [1.807, 2.05) is 46.9 Å². The van der Waals surface area contributed by atoms with E-state index in [1.165, 1.54) is 62.6 Å². The van der Waals surface area contributed by atoms with Crippen molar-refractivity contribution in [3.63, 3.8) is 0 Å². The smallest absolute Gasteiger partial charge is 0.0998 e. The summed E-state index contributed by atoms with van der Waals surface area (Å²) in [6, 6.07) is 56.7. The number of benzene rings is 7. The second kappa shape index (κ2) is 10.8. The Morgan fingerprint density at radius 2 is 0.935 bits per heavy atom. The van der Waals surface area contributed by atoms with Crippen LogP contribution in [-0.4, -0.2) is 0 Å². The van der Waals surface area contributed by atoms with Gasteiger partial charge in [0.2, 0.25) is 0 Å². The van der Waals surface area contributed by atoms with Crippen LogP contribution in [0, 0.1) is 11.3 Å². The zero-order valence-electron chi connectivity index (χ0n) is 24.7. The SMILES string of the molecule is N#Cc1ccccc1-c1cccc(-c2cc(-c3ccc4c(c3)sc3ccccc34)cc(-c3cccc4c3sc3ccccc34)c2)c1.